The van der Waals surface area contributed by atoms with E-state index in [1.807, 2.05) is 0 Å². The molecular weight excluding hydrogens is 324 g/mol. The van der Waals surface area contributed by atoms with Crippen LogP contribution in [0.15, 0.2) is 28.7 Å². The van der Waals surface area contributed by atoms with Gasteiger partial charge in [0.15, 0.2) is 0 Å². The van der Waals surface area contributed by atoms with E-state index in [1.165, 1.54) is 55.2 Å². The number of benzene rings is 1. The summed E-state index contributed by atoms with van der Waals surface area (Å²) in [6.07, 6.45) is 6.81. The molecule has 1 aromatic rings. The van der Waals surface area contributed by atoms with E-state index in [1.54, 1.807) is 0 Å². The molecule has 0 heterocycles. The summed E-state index contributed by atoms with van der Waals surface area (Å²) < 4.78 is 1.22. The average molecular weight is 353 g/mol. The van der Waals surface area contributed by atoms with Crippen molar-refractivity contribution in [2.75, 3.05) is 19.6 Å². The second-order valence-electron chi connectivity index (χ2n) is 5.99. The van der Waals surface area contributed by atoms with Gasteiger partial charge in [-0.3, -0.25) is 0 Å². The van der Waals surface area contributed by atoms with Gasteiger partial charge >= 0.3 is 0 Å². The van der Waals surface area contributed by atoms with Crippen LogP contribution in [0.25, 0.3) is 0 Å². The van der Waals surface area contributed by atoms with Crippen molar-refractivity contribution in [1.82, 2.24) is 10.2 Å². The Hall–Kier alpha value is -0.380. The average Bonchev–Trinajstić information content (AvgIpc) is 3.02. The molecule has 0 aliphatic heterocycles. The second kappa shape index (κ2) is 8.92. The summed E-state index contributed by atoms with van der Waals surface area (Å²) >= 11 is 3.70. The van der Waals surface area contributed by atoms with Crippen LogP contribution in [0.2, 0.25) is 0 Å². The first-order valence-electron chi connectivity index (χ1n) is 8.48. The van der Waals surface area contributed by atoms with Crippen molar-refractivity contribution in [3.05, 3.63) is 34.3 Å². The van der Waals surface area contributed by atoms with Crippen LogP contribution in [0, 0.1) is 0 Å². The smallest absolute Gasteiger partial charge is 0.0343 e. The minimum Gasteiger partial charge on any atom is -0.310 e. The van der Waals surface area contributed by atoms with E-state index < -0.39 is 0 Å². The molecule has 1 fully saturated rings. The molecule has 118 valence electrons. The normalized spacial score (nSPS) is 17.5. The van der Waals surface area contributed by atoms with Gasteiger partial charge in [0.25, 0.3) is 0 Å². The van der Waals surface area contributed by atoms with Crippen molar-refractivity contribution in [2.24, 2.45) is 0 Å². The van der Waals surface area contributed by atoms with E-state index in [0.29, 0.717) is 6.04 Å². The van der Waals surface area contributed by atoms with Gasteiger partial charge in [-0.05, 0) is 44.0 Å². The van der Waals surface area contributed by atoms with E-state index in [2.05, 4.69) is 64.3 Å². The third-order valence-corrected chi connectivity index (χ3v) is 5.41. The van der Waals surface area contributed by atoms with Crippen molar-refractivity contribution < 1.29 is 0 Å². The highest BCUT2D eigenvalue weighted by molar-refractivity contribution is 9.10. The van der Waals surface area contributed by atoms with Crippen LogP contribution < -0.4 is 5.32 Å². The van der Waals surface area contributed by atoms with E-state index in [4.69, 9.17) is 0 Å². The first kappa shape index (κ1) is 17.0. The van der Waals surface area contributed by atoms with Gasteiger partial charge in [0.1, 0.15) is 0 Å². The molecule has 0 bridgehead atoms. The van der Waals surface area contributed by atoms with E-state index in [0.717, 1.165) is 12.6 Å². The minimum atomic E-state index is 0.445. The Bertz CT molecular complexity index is 415. The van der Waals surface area contributed by atoms with E-state index in [9.17, 15) is 0 Å². The fraction of sp³-hybridized carbons (Fsp3) is 0.667. The SMILES string of the molecule is CCNC(CCN(CC)C1CCCC1)c1ccccc1Br. The molecule has 1 saturated carbocycles. The summed E-state index contributed by atoms with van der Waals surface area (Å²) in [6, 6.07) is 9.89. The Morgan fingerprint density at radius 3 is 2.57 bits per heavy atom. The molecule has 2 nitrogen and oxygen atoms in total. The highest BCUT2D eigenvalue weighted by Crippen LogP contribution is 2.28. The topological polar surface area (TPSA) is 15.3 Å². The molecule has 0 aromatic heterocycles. The molecule has 1 aliphatic carbocycles. The molecule has 0 radical (unpaired) electrons. The molecule has 0 spiro atoms. The van der Waals surface area contributed by atoms with Gasteiger partial charge in [-0.1, -0.05) is 60.8 Å². The van der Waals surface area contributed by atoms with E-state index in [-0.39, 0.29) is 0 Å². The molecule has 21 heavy (non-hydrogen) atoms. The van der Waals surface area contributed by atoms with Gasteiger partial charge in [0, 0.05) is 23.1 Å². The summed E-state index contributed by atoms with van der Waals surface area (Å²) in [6.45, 7) is 7.89. The molecule has 2 rings (SSSR count). The van der Waals surface area contributed by atoms with Crippen molar-refractivity contribution in [2.45, 2.75) is 58.0 Å². The van der Waals surface area contributed by atoms with Crippen LogP contribution in [0.5, 0.6) is 0 Å². The van der Waals surface area contributed by atoms with Crippen LogP contribution in [-0.4, -0.2) is 30.6 Å². The molecule has 0 saturated heterocycles. The summed E-state index contributed by atoms with van der Waals surface area (Å²) in [5.74, 6) is 0. The van der Waals surface area contributed by atoms with Gasteiger partial charge < -0.3 is 10.2 Å². The lowest BCUT2D eigenvalue weighted by molar-refractivity contribution is 0.198. The predicted octanol–water partition coefficient (Wildman–Crippen LogP) is 4.75. The highest BCUT2D eigenvalue weighted by Gasteiger charge is 2.22. The number of rotatable bonds is 8. The lowest BCUT2D eigenvalue weighted by Gasteiger charge is -2.30. The fourth-order valence-corrected chi connectivity index (χ4v) is 4.10. The van der Waals surface area contributed by atoms with Gasteiger partial charge in [-0.2, -0.15) is 0 Å². The van der Waals surface area contributed by atoms with Crippen LogP contribution in [0.1, 0.15) is 57.6 Å². The number of hydrogen-bond acceptors (Lipinski definition) is 2. The van der Waals surface area contributed by atoms with Crippen molar-refractivity contribution in [3.63, 3.8) is 0 Å². The molecule has 3 heteroatoms. The Balaban J connectivity index is 1.97. The van der Waals surface area contributed by atoms with Crippen molar-refractivity contribution >= 4 is 15.9 Å². The van der Waals surface area contributed by atoms with Crippen molar-refractivity contribution in [1.29, 1.82) is 0 Å². The third-order valence-electron chi connectivity index (χ3n) is 4.68. The first-order chi connectivity index (χ1) is 10.3. The van der Waals surface area contributed by atoms with Gasteiger partial charge in [0.05, 0.1) is 0 Å². The third kappa shape index (κ3) is 4.80. The predicted molar refractivity (Wildman–Crippen MR) is 94.7 cm³/mol. The molecule has 1 atom stereocenters. The summed E-state index contributed by atoms with van der Waals surface area (Å²) in [5.41, 5.74) is 1.39. The Kier molecular flexibility index (Phi) is 7.21. The number of nitrogens with one attached hydrogen (secondary N) is 1. The maximum Gasteiger partial charge on any atom is 0.0343 e. The molecule has 1 aliphatic rings. The molecule has 0 amide bonds. The maximum atomic E-state index is 3.70. The quantitative estimate of drug-likeness (QED) is 0.725. The molecule has 1 aromatic carbocycles. The lowest BCUT2D eigenvalue weighted by atomic mass is 10.0. The van der Waals surface area contributed by atoms with Crippen LogP contribution in [-0.2, 0) is 0 Å². The number of nitrogens with zero attached hydrogens (tertiary/aromatic N) is 1. The summed E-state index contributed by atoms with van der Waals surface area (Å²) in [4.78, 5) is 2.69. The van der Waals surface area contributed by atoms with Crippen LogP contribution >= 0.6 is 15.9 Å². The zero-order chi connectivity index (χ0) is 15.1. The number of halogens is 1. The summed E-state index contributed by atoms with van der Waals surface area (Å²) in [5, 5.41) is 3.65. The monoisotopic (exact) mass is 352 g/mol. The Morgan fingerprint density at radius 1 is 1.24 bits per heavy atom. The van der Waals surface area contributed by atoms with Crippen molar-refractivity contribution in [3.8, 4) is 0 Å². The second-order valence-corrected chi connectivity index (χ2v) is 6.84. The largest absolute Gasteiger partial charge is 0.310 e. The van der Waals surface area contributed by atoms with Crippen LogP contribution in [0.4, 0.5) is 0 Å². The fourth-order valence-electron chi connectivity index (χ4n) is 3.53. The van der Waals surface area contributed by atoms with Gasteiger partial charge in [-0.15, -0.1) is 0 Å². The molecule has 1 N–H and O–H groups in total. The molecule has 1 unspecified atom stereocenters. The zero-order valence-electron chi connectivity index (χ0n) is 13.4. The maximum absolute atomic E-state index is 3.70. The Morgan fingerprint density at radius 2 is 1.95 bits per heavy atom. The van der Waals surface area contributed by atoms with Gasteiger partial charge in [-0.25, -0.2) is 0 Å². The van der Waals surface area contributed by atoms with Crippen LogP contribution in [0.3, 0.4) is 0 Å². The number of hydrogen-bond donors (Lipinski definition) is 1. The lowest BCUT2D eigenvalue weighted by Crippen LogP contribution is -2.36. The van der Waals surface area contributed by atoms with Gasteiger partial charge in [0.2, 0.25) is 0 Å². The minimum absolute atomic E-state index is 0.445. The zero-order valence-corrected chi connectivity index (χ0v) is 15.0. The summed E-state index contributed by atoms with van der Waals surface area (Å²) in [7, 11) is 0. The molecular formula is C18H29BrN2. The highest BCUT2D eigenvalue weighted by atomic mass is 79.9. The Labute approximate surface area is 138 Å². The first-order valence-corrected chi connectivity index (χ1v) is 9.27. The standard InChI is InChI=1S/C18H29BrN2/c1-3-20-18(16-11-7-8-12-17(16)19)13-14-21(4-2)15-9-5-6-10-15/h7-8,11-12,15,18,20H,3-6,9-10,13-14H2,1-2H3. The van der Waals surface area contributed by atoms with E-state index >= 15 is 0 Å².